The van der Waals surface area contributed by atoms with Crippen LogP contribution >= 0.6 is 0 Å². The van der Waals surface area contributed by atoms with Crippen molar-refractivity contribution in [1.29, 1.82) is 0 Å². The van der Waals surface area contributed by atoms with Crippen molar-refractivity contribution in [3.05, 3.63) is 0 Å². The quantitative estimate of drug-likeness (QED) is 0.584. The molecule has 0 aromatic carbocycles. The van der Waals surface area contributed by atoms with Gasteiger partial charge in [-0.2, -0.15) is 0 Å². The first kappa shape index (κ1) is 17.4. The first-order chi connectivity index (χ1) is 8.47. The molecule has 0 aromatic rings. The minimum Gasteiger partial charge on any atom is -0.355 e. The highest BCUT2D eigenvalue weighted by atomic mass is 16.1. The number of nitrogens with two attached hydrogens (primary N) is 1. The molecule has 1 atom stereocenters. The maximum absolute atomic E-state index is 11.7. The van der Waals surface area contributed by atoms with E-state index in [2.05, 4.69) is 38.2 Å². The van der Waals surface area contributed by atoms with E-state index in [1.54, 1.807) is 0 Å². The number of likely N-dealkylation sites (N-methyl/N-ethyl adjacent to an activating group) is 1. The average molecular weight is 257 g/mol. The molecule has 0 aliphatic rings. The van der Waals surface area contributed by atoms with Gasteiger partial charge in [0.25, 0.3) is 0 Å². The largest absolute Gasteiger partial charge is 0.355 e. The van der Waals surface area contributed by atoms with Crippen LogP contribution in [0.3, 0.4) is 0 Å². The minimum atomic E-state index is 0.169. The second kappa shape index (κ2) is 10.3. The number of nitrogens with one attached hydrogen (secondary N) is 1. The monoisotopic (exact) mass is 257 g/mol. The van der Waals surface area contributed by atoms with Crippen molar-refractivity contribution < 1.29 is 4.79 Å². The van der Waals surface area contributed by atoms with Crippen molar-refractivity contribution in [3.63, 3.8) is 0 Å². The molecule has 1 amide bonds. The Labute approximate surface area is 112 Å². The second-order valence-corrected chi connectivity index (χ2v) is 5.65. The Hall–Kier alpha value is -0.610. The molecule has 0 fully saturated rings. The molecular weight excluding hydrogens is 226 g/mol. The molecule has 0 bridgehead atoms. The molecule has 0 aromatic heterocycles. The van der Waals surface area contributed by atoms with Crippen molar-refractivity contribution in [1.82, 2.24) is 10.2 Å². The molecule has 4 nitrogen and oxygen atoms in total. The van der Waals surface area contributed by atoms with Crippen LogP contribution in [0.1, 0.15) is 46.0 Å². The van der Waals surface area contributed by atoms with Crippen LogP contribution in [0.4, 0.5) is 0 Å². The summed E-state index contributed by atoms with van der Waals surface area (Å²) >= 11 is 0. The number of nitrogens with zero attached hydrogens (tertiary/aromatic N) is 1. The fourth-order valence-corrected chi connectivity index (χ4v) is 1.95. The zero-order valence-corrected chi connectivity index (χ0v) is 12.5. The smallest absolute Gasteiger partial charge is 0.220 e. The highest BCUT2D eigenvalue weighted by Gasteiger charge is 2.14. The maximum Gasteiger partial charge on any atom is 0.220 e. The first-order valence-electron chi connectivity index (χ1n) is 7.10. The minimum absolute atomic E-state index is 0.169. The van der Waals surface area contributed by atoms with Gasteiger partial charge in [0.1, 0.15) is 0 Å². The Kier molecular flexibility index (Phi) is 9.98. The van der Waals surface area contributed by atoms with Crippen molar-refractivity contribution in [3.8, 4) is 0 Å². The van der Waals surface area contributed by atoms with Gasteiger partial charge in [-0.3, -0.25) is 4.79 Å². The summed E-state index contributed by atoms with van der Waals surface area (Å²) in [7, 11) is 4.14. The van der Waals surface area contributed by atoms with Crippen LogP contribution in [0.2, 0.25) is 0 Å². The highest BCUT2D eigenvalue weighted by Crippen LogP contribution is 2.08. The van der Waals surface area contributed by atoms with E-state index >= 15 is 0 Å². The molecular formula is C14H31N3O. The summed E-state index contributed by atoms with van der Waals surface area (Å²) in [5.41, 5.74) is 5.42. The van der Waals surface area contributed by atoms with E-state index < -0.39 is 0 Å². The van der Waals surface area contributed by atoms with Gasteiger partial charge in [-0.15, -0.1) is 0 Å². The lowest BCUT2D eigenvalue weighted by Crippen LogP contribution is -2.41. The first-order valence-corrected chi connectivity index (χ1v) is 7.10. The van der Waals surface area contributed by atoms with Crippen molar-refractivity contribution >= 4 is 5.91 Å². The lowest BCUT2D eigenvalue weighted by Gasteiger charge is -2.26. The van der Waals surface area contributed by atoms with Crippen LogP contribution in [0, 0.1) is 5.92 Å². The molecule has 0 spiro atoms. The van der Waals surface area contributed by atoms with Crippen LogP contribution in [0.15, 0.2) is 0 Å². The van der Waals surface area contributed by atoms with Crippen molar-refractivity contribution in [2.24, 2.45) is 11.7 Å². The number of carbonyl (C=O) groups excluding carboxylic acids is 1. The lowest BCUT2D eigenvalue weighted by atomic mass is 10.0. The van der Waals surface area contributed by atoms with Crippen molar-refractivity contribution in [2.45, 2.75) is 52.0 Å². The summed E-state index contributed by atoms with van der Waals surface area (Å²) < 4.78 is 0. The third-order valence-electron chi connectivity index (χ3n) is 3.12. The number of carbonyl (C=O) groups is 1. The van der Waals surface area contributed by atoms with E-state index in [9.17, 15) is 4.79 Å². The van der Waals surface area contributed by atoms with Gasteiger partial charge in [-0.1, -0.05) is 20.3 Å². The molecule has 0 radical (unpaired) electrons. The molecule has 108 valence electrons. The zero-order valence-electron chi connectivity index (χ0n) is 12.5. The van der Waals surface area contributed by atoms with E-state index in [0.717, 1.165) is 38.8 Å². The van der Waals surface area contributed by atoms with Gasteiger partial charge in [0, 0.05) is 19.0 Å². The van der Waals surface area contributed by atoms with Crippen LogP contribution in [0.5, 0.6) is 0 Å². The van der Waals surface area contributed by atoms with Gasteiger partial charge >= 0.3 is 0 Å². The van der Waals surface area contributed by atoms with Gasteiger partial charge in [0.15, 0.2) is 0 Å². The molecule has 4 heteroatoms. The molecule has 0 heterocycles. The molecule has 0 rings (SSSR count). The summed E-state index contributed by atoms with van der Waals surface area (Å²) in [6.45, 7) is 5.90. The Morgan fingerprint density at radius 3 is 2.39 bits per heavy atom. The molecule has 0 aliphatic heterocycles. The topological polar surface area (TPSA) is 58.4 Å². The SMILES string of the molecule is CC(C)CC(CNC(=O)CCCCCN)N(C)C. The fourth-order valence-electron chi connectivity index (χ4n) is 1.95. The van der Waals surface area contributed by atoms with Crippen LogP contribution in [0.25, 0.3) is 0 Å². The van der Waals surface area contributed by atoms with Gasteiger partial charge in [0.05, 0.1) is 0 Å². The summed E-state index contributed by atoms with van der Waals surface area (Å²) in [4.78, 5) is 13.8. The Morgan fingerprint density at radius 2 is 1.89 bits per heavy atom. The molecule has 0 saturated heterocycles. The number of hydrogen-bond donors (Lipinski definition) is 2. The second-order valence-electron chi connectivity index (χ2n) is 5.65. The van der Waals surface area contributed by atoms with E-state index in [1.807, 2.05) is 0 Å². The van der Waals surface area contributed by atoms with Crippen LogP contribution in [-0.2, 0) is 4.79 Å². The number of rotatable bonds is 10. The highest BCUT2D eigenvalue weighted by molar-refractivity contribution is 5.75. The molecule has 0 aliphatic carbocycles. The average Bonchev–Trinajstić information content (AvgIpc) is 2.29. The van der Waals surface area contributed by atoms with E-state index in [0.29, 0.717) is 18.4 Å². The Balaban J connectivity index is 3.78. The third kappa shape index (κ3) is 9.42. The van der Waals surface area contributed by atoms with Gasteiger partial charge in [-0.25, -0.2) is 0 Å². The summed E-state index contributed by atoms with van der Waals surface area (Å²) in [6, 6.07) is 0.429. The van der Waals surface area contributed by atoms with Gasteiger partial charge in [0.2, 0.25) is 5.91 Å². The molecule has 1 unspecified atom stereocenters. The predicted octanol–water partition coefficient (Wildman–Crippen LogP) is 1.60. The number of unbranched alkanes of at least 4 members (excludes halogenated alkanes) is 2. The summed E-state index contributed by atoms with van der Waals surface area (Å²) in [6.07, 6.45) is 4.75. The fraction of sp³-hybridized carbons (Fsp3) is 0.929. The predicted molar refractivity (Wildman–Crippen MR) is 77.5 cm³/mol. The number of amides is 1. The molecule has 18 heavy (non-hydrogen) atoms. The van der Waals surface area contributed by atoms with E-state index in [-0.39, 0.29) is 5.91 Å². The Bertz CT molecular complexity index is 217. The van der Waals surface area contributed by atoms with E-state index in [4.69, 9.17) is 5.73 Å². The maximum atomic E-state index is 11.7. The van der Waals surface area contributed by atoms with Gasteiger partial charge < -0.3 is 16.0 Å². The standard InChI is InChI=1S/C14H31N3O/c1-12(2)10-13(17(3)4)11-16-14(18)8-6-5-7-9-15/h12-13H,5-11,15H2,1-4H3,(H,16,18). The zero-order chi connectivity index (χ0) is 14.0. The van der Waals surface area contributed by atoms with Crippen LogP contribution in [-0.4, -0.2) is 44.0 Å². The van der Waals surface area contributed by atoms with E-state index in [1.165, 1.54) is 0 Å². The van der Waals surface area contributed by atoms with Crippen LogP contribution < -0.4 is 11.1 Å². The normalized spacial score (nSPS) is 13.1. The lowest BCUT2D eigenvalue weighted by molar-refractivity contribution is -0.121. The van der Waals surface area contributed by atoms with Crippen molar-refractivity contribution in [2.75, 3.05) is 27.2 Å². The number of hydrogen-bond acceptors (Lipinski definition) is 3. The molecule has 3 N–H and O–H groups in total. The third-order valence-corrected chi connectivity index (χ3v) is 3.12. The summed E-state index contributed by atoms with van der Waals surface area (Å²) in [5, 5.41) is 3.03. The van der Waals surface area contributed by atoms with Gasteiger partial charge in [-0.05, 0) is 45.8 Å². The Morgan fingerprint density at radius 1 is 1.22 bits per heavy atom. The summed E-state index contributed by atoms with van der Waals surface area (Å²) in [5.74, 6) is 0.821. The molecule has 0 saturated carbocycles.